The van der Waals surface area contributed by atoms with Crippen LogP contribution in [0.4, 0.5) is 11.5 Å². The average Bonchev–Trinajstić information content (AvgIpc) is 2.50. The van der Waals surface area contributed by atoms with Gasteiger partial charge in [0.25, 0.3) is 5.91 Å². The summed E-state index contributed by atoms with van der Waals surface area (Å²) in [5, 5.41) is 6.10. The van der Waals surface area contributed by atoms with Crippen LogP contribution in [-0.4, -0.2) is 29.5 Å². The Morgan fingerprint density at radius 1 is 1.38 bits per heavy atom. The predicted octanol–water partition coefficient (Wildman–Crippen LogP) is 2.82. The van der Waals surface area contributed by atoms with Crippen molar-refractivity contribution in [3.8, 4) is 5.75 Å². The van der Waals surface area contributed by atoms with E-state index in [1.54, 1.807) is 31.5 Å². The van der Waals surface area contributed by atoms with Crippen LogP contribution in [0.1, 0.15) is 17.4 Å². The molecule has 0 saturated carbocycles. The molecule has 110 valence electrons. The third-order valence-corrected chi connectivity index (χ3v) is 2.98. The van der Waals surface area contributed by atoms with E-state index in [4.69, 9.17) is 16.3 Å². The van der Waals surface area contributed by atoms with Crippen LogP contribution in [0.15, 0.2) is 30.6 Å². The second-order valence-electron chi connectivity index (χ2n) is 4.12. The largest absolute Gasteiger partial charge is 0.497 e. The molecule has 2 N–H and O–H groups in total. The zero-order chi connectivity index (χ0) is 15.2. The number of ether oxygens (including phenoxy) is 1. The topological polar surface area (TPSA) is 76.1 Å². The van der Waals surface area contributed by atoms with Gasteiger partial charge in [-0.05, 0) is 19.1 Å². The van der Waals surface area contributed by atoms with Crippen LogP contribution >= 0.6 is 11.6 Å². The number of nitrogens with one attached hydrogen (secondary N) is 2. The molecule has 0 bridgehead atoms. The first-order chi connectivity index (χ1) is 10.1. The molecule has 0 unspecified atom stereocenters. The fourth-order valence-corrected chi connectivity index (χ4v) is 1.82. The van der Waals surface area contributed by atoms with Crippen molar-refractivity contribution in [2.45, 2.75) is 6.92 Å². The van der Waals surface area contributed by atoms with Gasteiger partial charge in [-0.2, -0.15) is 0 Å². The summed E-state index contributed by atoms with van der Waals surface area (Å²) in [4.78, 5) is 20.3. The third-order valence-electron chi connectivity index (χ3n) is 2.65. The van der Waals surface area contributed by atoms with E-state index in [0.717, 1.165) is 0 Å². The number of hydrogen-bond acceptors (Lipinski definition) is 5. The second kappa shape index (κ2) is 6.90. The first-order valence-corrected chi connectivity index (χ1v) is 6.72. The van der Waals surface area contributed by atoms with Crippen LogP contribution in [-0.2, 0) is 0 Å². The van der Waals surface area contributed by atoms with E-state index in [1.807, 2.05) is 6.92 Å². The summed E-state index contributed by atoms with van der Waals surface area (Å²) in [6.07, 6.45) is 2.95. The van der Waals surface area contributed by atoms with Crippen LogP contribution in [0.25, 0.3) is 0 Å². The standard InChI is InChI=1S/C14H15ClN4O2/c1-3-17-13-8-16-7-12(18-13)14(20)19-11-6-9(21-2)4-5-10(11)15/h4-8H,3H2,1-2H3,(H,17,18)(H,19,20). The molecular weight excluding hydrogens is 292 g/mol. The fourth-order valence-electron chi connectivity index (χ4n) is 1.66. The van der Waals surface area contributed by atoms with Gasteiger partial charge >= 0.3 is 0 Å². The fraction of sp³-hybridized carbons (Fsp3) is 0.214. The number of amides is 1. The Hall–Kier alpha value is -2.34. The number of halogens is 1. The van der Waals surface area contributed by atoms with E-state index in [0.29, 0.717) is 28.8 Å². The van der Waals surface area contributed by atoms with E-state index in [9.17, 15) is 4.79 Å². The Kier molecular flexibility index (Phi) is 4.94. The Bertz CT molecular complexity index is 649. The minimum Gasteiger partial charge on any atom is -0.497 e. The van der Waals surface area contributed by atoms with E-state index >= 15 is 0 Å². The van der Waals surface area contributed by atoms with Crippen molar-refractivity contribution < 1.29 is 9.53 Å². The minimum atomic E-state index is -0.391. The van der Waals surface area contributed by atoms with Crippen LogP contribution in [0.2, 0.25) is 5.02 Å². The summed E-state index contributed by atoms with van der Waals surface area (Å²) in [6.45, 7) is 2.63. The highest BCUT2D eigenvalue weighted by Crippen LogP contribution is 2.26. The van der Waals surface area contributed by atoms with Crippen LogP contribution < -0.4 is 15.4 Å². The van der Waals surface area contributed by atoms with Crippen LogP contribution in [0.3, 0.4) is 0 Å². The normalized spacial score (nSPS) is 10.0. The maximum absolute atomic E-state index is 12.2. The average molecular weight is 307 g/mol. The summed E-state index contributed by atoms with van der Waals surface area (Å²) in [5.41, 5.74) is 0.656. The van der Waals surface area contributed by atoms with E-state index in [2.05, 4.69) is 20.6 Å². The lowest BCUT2D eigenvalue weighted by Crippen LogP contribution is -2.15. The summed E-state index contributed by atoms with van der Waals surface area (Å²) in [5.74, 6) is 0.751. The highest BCUT2D eigenvalue weighted by atomic mass is 35.5. The number of aromatic nitrogens is 2. The lowest BCUT2D eigenvalue weighted by molar-refractivity contribution is 0.102. The molecule has 0 saturated heterocycles. The molecule has 1 aromatic carbocycles. The predicted molar refractivity (Wildman–Crippen MR) is 82.2 cm³/mol. The van der Waals surface area contributed by atoms with Crippen molar-refractivity contribution in [2.75, 3.05) is 24.3 Å². The molecule has 0 spiro atoms. The summed E-state index contributed by atoms with van der Waals surface area (Å²) >= 11 is 6.05. The van der Waals surface area contributed by atoms with Crippen molar-refractivity contribution in [3.05, 3.63) is 41.3 Å². The molecule has 6 nitrogen and oxygen atoms in total. The SMILES string of the molecule is CCNc1cncc(C(=O)Nc2cc(OC)ccc2Cl)n1. The van der Waals surface area contributed by atoms with Crippen LogP contribution in [0, 0.1) is 0 Å². The Morgan fingerprint density at radius 2 is 2.19 bits per heavy atom. The van der Waals surface area contributed by atoms with Crippen molar-refractivity contribution in [1.82, 2.24) is 9.97 Å². The molecule has 2 rings (SSSR count). The number of carbonyl (C=O) groups excluding carboxylic acids is 1. The molecule has 0 atom stereocenters. The van der Waals surface area contributed by atoms with Gasteiger partial charge in [0.15, 0.2) is 0 Å². The molecule has 0 radical (unpaired) electrons. The Balaban J connectivity index is 2.19. The minimum absolute atomic E-state index is 0.201. The van der Waals surface area contributed by atoms with Gasteiger partial charge in [0.2, 0.25) is 0 Å². The number of rotatable bonds is 5. The van der Waals surface area contributed by atoms with E-state index in [1.165, 1.54) is 6.20 Å². The summed E-state index contributed by atoms with van der Waals surface area (Å²) in [7, 11) is 1.54. The quantitative estimate of drug-likeness (QED) is 0.888. The van der Waals surface area contributed by atoms with Gasteiger partial charge in [-0.1, -0.05) is 11.6 Å². The molecule has 0 aliphatic carbocycles. The monoisotopic (exact) mass is 306 g/mol. The number of nitrogens with zero attached hydrogens (tertiary/aromatic N) is 2. The number of carbonyl (C=O) groups is 1. The van der Waals surface area contributed by atoms with Crippen LogP contribution in [0.5, 0.6) is 5.75 Å². The summed E-state index contributed by atoms with van der Waals surface area (Å²) in [6, 6.07) is 5.00. The third kappa shape index (κ3) is 3.82. The van der Waals surface area contributed by atoms with Gasteiger partial charge in [0.05, 0.1) is 30.2 Å². The molecular formula is C14H15ClN4O2. The van der Waals surface area contributed by atoms with E-state index in [-0.39, 0.29) is 5.69 Å². The number of hydrogen-bond donors (Lipinski definition) is 2. The molecule has 1 amide bonds. The molecule has 0 fully saturated rings. The molecule has 1 heterocycles. The van der Waals surface area contributed by atoms with E-state index < -0.39 is 5.91 Å². The maximum atomic E-state index is 12.2. The highest BCUT2D eigenvalue weighted by molar-refractivity contribution is 6.34. The lowest BCUT2D eigenvalue weighted by atomic mass is 10.3. The van der Waals surface area contributed by atoms with Crippen molar-refractivity contribution in [1.29, 1.82) is 0 Å². The Labute approximate surface area is 127 Å². The first kappa shape index (κ1) is 15.1. The number of anilines is 2. The number of benzene rings is 1. The van der Waals surface area contributed by atoms with Crippen molar-refractivity contribution in [3.63, 3.8) is 0 Å². The number of methoxy groups -OCH3 is 1. The van der Waals surface area contributed by atoms with Gasteiger partial charge < -0.3 is 15.4 Å². The van der Waals surface area contributed by atoms with Gasteiger partial charge in [-0.25, -0.2) is 4.98 Å². The maximum Gasteiger partial charge on any atom is 0.275 e. The van der Waals surface area contributed by atoms with Crippen molar-refractivity contribution >= 4 is 29.0 Å². The smallest absolute Gasteiger partial charge is 0.275 e. The molecule has 0 aliphatic heterocycles. The molecule has 7 heteroatoms. The molecule has 21 heavy (non-hydrogen) atoms. The molecule has 1 aromatic heterocycles. The second-order valence-corrected chi connectivity index (χ2v) is 4.53. The zero-order valence-electron chi connectivity index (χ0n) is 11.7. The van der Waals surface area contributed by atoms with Crippen molar-refractivity contribution in [2.24, 2.45) is 0 Å². The van der Waals surface area contributed by atoms with Gasteiger partial charge in [-0.3, -0.25) is 9.78 Å². The molecule has 2 aromatic rings. The lowest BCUT2D eigenvalue weighted by Gasteiger charge is -2.09. The molecule has 0 aliphatic rings. The van der Waals surface area contributed by atoms with Gasteiger partial charge in [0.1, 0.15) is 17.3 Å². The summed E-state index contributed by atoms with van der Waals surface area (Å²) < 4.78 is 5.10. The zero-order valence-corrected chi connectivity index (χ0v) is 12.4. The Morgan fingerprint density at radius 3 is 2.90 bits per heavy atom. The van der Waals surface area contributed by atoms with Gasteiger partial charge in [0, 0.05) is 12.6 Å². The first-order valence-electron chi connectivity index (χ1n) is 6.35. The highest BCUT2D eigenvalue weighted by Gasteiger charge is 2.12. The van der Waals surface area contributed by atoms with Gasteiger partial charge in [-0.15, -0.1) is 0 Å².